The molecule has 0 radical (unpaired) electrons. The number of fused-ring (bicyclic) bond motifs is 1. The van der Waals surface area contributed by atoms with Gasteiger partial charge in [0.1, 0.15) is 0 Å². The molecule has 2 heterocycles. The second-order valence-electron chi connectivity index (χ2n) is 4.57. The van der Waals surface area contributed by atoms with Crippen molar-refractivity contribution in [3.8, 4) is 0 Å². The van der Waals surface area contributed by atoms with Gasteiger partial charge in [-0.2, -0.15) is 0 Å². The maximum absolute atomic E-state index is 11.7. The smallest absolute Gasteiger partial charge is 0.161 e. The fourth-order valence-corrected chi connectivity index (χ4v) is 6.53. The molecule has 0 spiro atoms. The molecule has 9 heteroatoms. The molecule has 0 saturated carbocycles. The van der Waals surface area contributed by atoms with Crippen molar-refractivity contribution in [2.45, 2.75) is 11.3 Å². The van der Waals surface area contributed by atoms with Crippen molar-refractivity contribution in [1.82, 2.24) is 0 Å². The monoisotopic (exact) mass is 416 g/mol. The number of amidine groups is 1. The number of hydrogen-bond acceptors (Lipinski definition) is 4. The second-order valence-corrected chi connectivity index (χ2v) is 8.77. The van der Waals surface area contributed by atoms with Crippen molar-refractivity contribution in [1.29, 1.82) is 5.41 Å². The summed E-state index contributed by atoms with van der Waals surface area (Å²) in [6, 6.07) is 4.91. The molecule has 110 valence electrons. The summed E-state index contributed by atoms with van der Waals surface area (Å²) in [5, 5.41) is 9.16. The summed E-state index contributed by atoms with van der Waals surface area (Å²) in [4.78, 5) is 1.74. The third-order valence-corrected chi connectivity index (χ3v) is 7.14. The molecule has 2 saturated heterocycles. The van der Waals surface area contributed by atoms with Crippen LogP contribution in [0.3, 0.4) is 0 Å². The predicted octanol–water partition coefficient (Wildman–Crippen LogP) is 3.22. The van der Waals surface area contributed by atoms with Gasteiger partial charge in [0.05, 0.1) is 27.6 Å². The van der Waals surface area contributed by atoms with E-state index in [-0.39, 0.29) is 39.8 Å². The van der Waals surface area contributed by atoms with E-state index in [1.807, 2.05) is 0 Å². The minimum Gasteiger partial charge on any atom is -0.316 e. The van der Waals surface area contributed by atoms with Crippen molar-refractivity contribution < 1.29 is 8.42 Å². The number of rotatable bonds is 1. The predicted molar refractivity (Wildman–Crippen MR) is 90.8 cm³/mol. The van der Waals surface area contributed by atoms with Crippen LogP contribution in [0.5, 0.6) is 0 Å². The average Bonchev–Trinajstić information content (AvgIpc) is 2.73. The first kappa shape index (κ1) is 16.4. The van der Waals surface area contributed by atoms with Crippen LogP contribution in [-0.4, -0.2) is 36.4 Å². The second kappa shape index (κ2) is 5.68. The highest BCUT2D eigenvalue weighted by Crippen LogP contribution is 2.41. The lowest BCUT2D eigenvalue weighted by Crippen LogP contribution is -2.37. The number of benzene rings is 1. The molecular formula is C11H11BrCl2N2O2S2. The summed E-state index contributed by atoms with van der Waals surface area (Å²) in [6.45, 7) is 0. The molecule has 3 rings (SSSR count). The van der Waals surface area contributed by atoms with Gasteiger partial charge >= 0.3 is 0 Å². The third kappa shape index (κ3) is 2.83. The molecule has 1 aromatic rings. The minimum atomic E-state index is -3.01. The molecular weight excluding hydrogens is 407 g/mol. The van der Waals surface area contributed by atoms with Crippen molar-refractivity contribution in [2.24, 2.45) is 0 Å². The summed E-state index contributed by atoms with van der Waals surface area (Å²) in [7, 11) is -3.01. The zero-order chi connectivity index (χ0) is 13.8. The molecule has 0 bridgehead atoms. The van der Waals surface area contributed by atoms with E-state index in [4.69, 9.17) is 28.6 Å². The van der Waals surface area contributed by atoms with Crippen molar-refractivity contribution in [3.63, 3.8) is 0 Å². The zero-order valence-electron chi connectivity index (χ0n) is 10.0. The number of hydrogen-bond donors (Lipinski definition) is 1. The van der Waals surface area contributed by atoms with E-state index < -0.39 is 9.84 Å². The first-order valence-electron chi connectivity index (χ1n) is 5.57. The average molecular weight is 418 g/mol. The number of sulfone groups is 1. The van der Waals surface area contributed by atoms with Crippen molar-refractivity contribution in [2.75, 3.05) is 16.4 Å². The summed E-state index contributed by atoms with van der Waals surface area (Å²) < 4.78 is 23.4. The van der Waals surface area contributed by atoms with Gasteiger partial charge in [0, 0.05) is 10.9 Å². The quantitative estimate of drug-likeness (QED) is 0.761. The fraction of sp³-hybridized carbons (Fsp3) is 0.364. The van der Waals surface area contributed by atoms with Gasteiger partial charge in [0.15, 0.2) is 15.0 Å². The highest BCUT2D eigenvalue weighted by Gasteiger charge is 2.48. The Bertz CT molecular complexity index is 668. The van der Waals surface area contributed by atoms with Gasteiger partial charge in [0.2, 0.25) is 0 Å². The van der Waals surface area contributed by atoms with E-state index in [9.17, 15) is 8.42 Å². The molecule has 1 N–H and O–H groups in total. The third-order valence-electron chi connectivity index (χ3n) is 3.27. The largest absolute Gasteiger partial charge is 0.316 e. The minimum absolute atomic E-state index is 0. The maximum atomic E-state index is 11.7. The van der Waals surface area contributed by atoms with E-state index in [1.54, 1.807) is 23.1 Å². The molecule has 0 amide bonds. The van der Waals surface area contributed by atoms with E-state index in [2.05, 4.69) is 0 Å². The molecule has 1 aromatic carbocycles. The lowest BCUT2D eigenvalue weighted by Gasteiger charge is -2.24. The maximum Gasteiger partial charge on any atom is 0.161 e. The summed E-state index contributed by atoms with van der Waals surface area (Å²) in [5.74, 6) is 0.232. The summed E-state index contributed by atoms with van der Waals surface area (Å²) in [6.07, 6.45) is 0. The molecule has 2 unspecified atom stereocenters. The van der Waals surface area contributed by atoms with Gasteiger partial charge in [-0.3, -0.25) is 5.41 Å². The molecule has 2 aliphatic rings. The van der Waals surface area contributed by atoms with Crippen LogP contribution in [0.25, 0.3) is 0 Å². The molecule has 2 aliphatic heterocycles. The van der Waals surface area contributed by atoms with Gasteiger partial charge in [-0.15, -0.1) is 17.0 Å². The normalized spacial score (nSPS) is 27.3. The number of thioether (sulfide) groups is 1. The summed E-state index contributed by atoms with van der Waals surface area (Å²) >= 11 is 13.2. The lowest BCUT2D eigenvalue weighted by molar-refractivity contribution is 0.601. The summed E-state index contributed by atoms with van der Waals surface area (Å²) in [5.41, 5.74) is 0.719. The Morgan fingerprint density at radius 2 is 1.95 bits per heavy atom. The van der Waals surface area contributed by atoms with Crippen LogP contribution < -0.4 is 4.90 Å². The molecule has 20 heavy (non-hydrogen) atoms. The number of nitrogens with zero attached hydrogens (tertiary/aromatic N) is 1. The Labute approximate surface area is 142 Å². The fourth-order valence-electron chi connectivity index (χ4n) is 2.44. The van der Waals surface area contributed by atoms with Gasteiger partial charge in [-0.25, -0.2) is 8.42 Å². The van der Waals surface area contributed by atoms with Crippen LogP contribution in [0.2, 0.25) is 10.0 Å². The topological polar surface area (TPSA) is 61.2 Å². The van der Waals surface area contributed by atoms with Crippen LogP contribution in [0.1, 0.15) is 0 Å². The number of halogens is 3. The van der Waals surface area contributed by atoms with Crippen LogP contribution in [0.4, 0.5) is 5.69 Å². The standard InChI is InChI=1S/C11H10Cl2N2O2S2.BrH/c12-7-2-1-6(3-8(7)13)15-9-4-19(16,17)5-10(9)18-11(15)14;/h1-3,9-10,14H,4-5H2;1H. The first-order chi connectivity index (χ1) is 8.87. The van der Waals surface area contributed by atoms with Crippen molar-refractivity contribution >= 4 is 72.6 Å². The van der Waals surface area contributed by atoms with Gasteiger partial charge in [0.25, 0.3) is 0 Å². The Morgan fingerprint density at radius 3 is 2.60 bits per heavy atom. The van der Waals surface area contributed by atoms with Crippen LogP contribution >= 0.6 is 51.9 Å². The SMILES string of the molecule is Br.N=C1SC2CS(=O)(=O)CC2N1c1ccc(Cl)c(Cl)c1. The van der Waals surface area contributed by atoms with E-state index in [0.29, 0.717) is 15.2 Å². The highest BCUT2D eigenvalue weighted by atomic mass is 79.9. The van der Waals surface area contributed by atoms with Crippen LogP contribution in [0.15, 0.2) is 18.2 Å². The van der Waals surface area contributed by atoms with Crippen molar-refractivity contribution in [3.05, 3.63) is 28.2 Å². The van der Waals surface area contributed by atoms with E-state index >= 15 is 0 Å². The molecule has 4 nitrogen and oxygen atoms in total. The Hall–Kier alpha value is 0.0500. The van der Waals surface area contributed by atoms with Gasteiger partial charge in [-0.05, 0) is 18.2 Å². The Kier molecular flexibility index (Phi) is 4.67. The molecule has 0 aromatic heterocycles. The molecule has 0 aliphatic carbocycles. The zero-order valence-corrected chi connectivity index (χ0v) is 14.9. The van der Waals surface area contributed by atoms with E-state index in [0.717, 1.165) is 5.69 Å². The first-order valence-corrected chi connectivity index (χ1v) is 9.03. The number of nitrogens with one attached hydrogen (secondary N) is 1. The molecule has 2 fully saturated rings. The highest BCUT2D eigenvalue weighted by molar-refractivity contribution is 8.93. The number of anilines is 1. The van der Waals surface area contributed by atoms with Crippen LogP contribution in [0, 0.1) is 5.41 Å². The Morgan fingerprint density at radius 1 is 1.25 bits per heavy atom. The molecule has 2 atom stereocenters. The van der Waals surface area contributed by atoms with Gasteiger partial charge in [-0.1, -0.05) is 35.0 Å². The van der Waals surface area contributed by atoms with E-state index in [1.165, 1.54) is 11.8 Å². The van der Waals surface area contributed by atoms with Crippen LogP contribution in [-0.2, 0) is 9.84 Å². The Balaban J connectivity index is 0.00000147. The lowest BCUT2D eigenvalue weighted by atomic mass is 10.2. The van der Waals surface area contributed by atoms with Gasteiger partial charge < -0.3 is 4.90 Å².